The second kappa shape index (κ2) is 7.79. The van der Waals surface area contributed by atoms with Gasteiger partial charge < -0.3 is 4.90 Å². The van der Waals surface area contributed by atoms with Crippen LogP contribution in [0.15, 0.2) is 0 Å². The molecule has 0 bridgehead atoms. The molecule has 0 spiro atoms. The van der Waals surface area contributed by atoms with Gasteiger partial charge in [0.25, 0.3) is 0 Å². The molecule has 2 N–H and O–H groups in total. The number of nitrogens with two attached hydrogens (primary N) is 1. The SMILES string of the molecule is CC1CCCN1C.Cl.N[SH](=O)=O. The van der Waals surface area contributed by atoms with E-state index in [2.05, 4.69) is 24.0 Å². The molecule has 1 saturated heterocycles. The lowest BCUT2D eigenvalue weighted by atomic mass is 10.3. The second-order valence-electron chi connectivity index (χ2n) is 2.76. The van der Waals surface area contributed by atoms with Gasteiger partial charge in [0, 0.05) is 6.04 Å². The van der Waals surface area contributed by atoms with Gasteiger partial charge in [0.15, 0.2) is 10.9 Å². The number of hydrogen-bond donors (Lipinski definition) is 2. The van der Waals surface area contributed by atoms with Crippen molar-refractivity contribution < 1.29 is 8.42 Å². The fraction of sp³-hybridized carbons (Fsp3) is 1.00. The minimum absolute atomic E-state index is 0. The third-order valence-electron chi connectivity index (χ3n) is 1.89. The Morgan fingerprint density at radius 2 is 1.92 bits per heavy atom. The third-order valence-corrected chi connectivity index (χ3v) is 1.89. The summed E-state index contributed by atoms with van der Waals surface area (Å²) in [6, 6.07) is 0.847. The zero-order valence-corrected chi connectivity index (χ0v) is 9.11. The van der Waals surface area contributed by atoms with E-state index >= 15 is 0 Å². The Kier molecular flexibility index (Phi) is 9.53. The highest BCUT2D eigenvalue weighted by Crippen LogP contribution is 2.12. The van der Waals surface area contributed by atoms with Gasteiger partial charge in [0.05, 0.1) is 0 Å². The first kappa shape index (κ1) is 14.7. The molecule has 0 radical (unpaired) electrons. The summed E-state index contributed by atoms with van der Waals surface area (Å²) in [7, 11) is -0.428. The molecule has 12 heavy (non-hydrogen) atoms. The van der Waals surface area contributed by atoms with E-state index in [1.807, 2.05) is 0 Å². The van der Waals surface area contributed by atoms with Gasteiger partial charge in [-0.15, -0.1) is 12.4 Å². The van der Waals surface area contributed by atoms with Crippen LogP contribution in [0, 0.1) is 0 Å². The van der Waals surface area contributed by atoms with Crippen molar-refractivity contribution in [1.82, 2.24) is 4.90 Å². The van der Waals surface area contributed by atoms with Gasteiger partial charge >= 0.3 is 0 Å². The molecule has 0 amide bonds. The average molecular weight is 217 g/mol. The molecule has 1 aliphatic heterocycles. The van der Waals surface area contributed by atoms with Crippen LogP contribution in [-0.2, 0) is 10.9 Å². The highest BCUT2D eigenvalue weighted by molar-refractivity contribution is 7.69. The maximum Gasteiger partial charge on any atom is 0.198 e. The number of halogens is 1. The topological polar surface area (TPSA) is 63.4 Å². The summed E-state index contributed by atoms with van der Waals surface area (Å²) in [5, 5.41) is 4.06. The highest BCUT2D eigenvalue weighted by atomic mass is 35.5. The smallest absolute Gasteiger partial charge is 0.198 e. The minimum Gasteiger partial charge on any atom is -0.304 e. The summed E-state index contributed by atoms with van der Waals surface area (Å²) in [6.45, 7) is 3.59. The molecule has 1 aliphatic rings. The highest BCUT2D eigenvalue weighted by Gasteiger charge is 2.14. The van der Waals surface area contributed by atoms with Crippen molar-refractivity contribution in [2.45, 2.75) is 25.8 Å². The lowest BCUT2D eigenvalue weighted by Crippen LogP contribution is -2.20. The molecule has 0 aromatic rings. The van der Waals surface area contributed by atoms with E-state index in [4.69, 9.17) is 8.42 Å². The quantitative estimate of drug-likeness (QED) is 0.560. The number of nitrogens with zero attached hydrogens (tertiary/aromatic N) is 1. The minimum atomic E-state index is -2.62. The first-order valence-electron chi connectivity index (χ1n) is 3.63. The molecule has 76 valence electrons. The van der Waals surface area contributed by atoms with E-state index in [1.165, 1.54) is 19.4 Å². The fourth-order valence-corrected chi connectivity index (χ4v) is 1.08. The second-order valence-corrected chi connectivity index (χ2v) is 3.33. The monoisotopic (exact) mass is 216 g/mol. The van der Waals surface area contributed by atoms with Gasteiger partial charge in [0.2, 0.25) is 0 Å². The molecule has 4 nitrogen and oxygen atoms in total. The van der Waals surface area contributed by atoms with Crippen LogP contribution in [0.3, 0.4) is 0 Å². The van der Waals surface area contributed by atoms with Crippen LogP contribution in [0.4, 0.5) is 0 Å². The van der Waals surface area contributed by atoms with Crippen molar-refractivity contribution in [3.8, 4) is 0 Å². The Morgan fingerprint density at radius 1 is 1.50 bits per heavy atom. The summed E-state index contributed by atoms with van der Waals surface area (Å²) >= 11 is 0. The van der Waals surface area contributed by atoms with E-state index < -0.39 is 10.9 Å². The maximum atomic E-state index is 8.81. The molecular weight excluding hydrogens is 200 g/mol. The zero-order chi connectivity index (χ0) is 8.85. The van der Waals surface area contributed by atoms with Crippen LogP contribution in [0.2, 0.25) is 0 Å². The van der Waals surface area contributed by atoms with E-state index in [0.717, 1.165) is 6.04 Å². The fourth-order valence-electron chi connectivity index (χ4n) is 1.08. The van der Waals surface area contributed by atoms with Gasteiger partial charge in [-0.1, -0.05) is 0 Å². The third kappa shape index (κ3) is 8.26. The predicted molar refractivity (Wildman–Crippen MR) is 53.1 cm³/mol. The maximum absolute atomic E-state index is 8.81. The number of hydrogen-bond acceptors (Lipinski definition) is 3. The van der Waals surface area contributed by atoms with Crippen LogP contribution in [0.25, 0.3) is 0 Å². The van der Waals surface area contributed by atoms with Crippen LogP contribution >= 0.6 is 12.4 Å². The zero-order valence-electron chi connectivity index (χ0n) is 7.40. The molecule has 1 rings (SSSR count). The number of thiol groups is 1. The normalized spacial score (nSPS) is 22.8. The van der Waals surface area contributed by atoms with E-state index in [1.54, 1.807) is 0 Å². The predicted octanol–water partition coefficient (Wildman–Crippen LogP) is -0.00620. The molecule has 0 aromatic heterocycles. The largest absolute Gasteiger partial charge is 0.304 e. The van der Waals surface area contributed by atoms with Gasteiger partial charge in [0.1, 0.15) is 0 Å². The lowest BCUT2D eigenvalue weighted by Gasteiger charge is -2.12. The van der Waals surface area contributed by atoms with Gasteiger partial charge in [-0.2, -0.15) is 0 Å². The Labute approximate surface area is 81.6 Å². The molecule has 1 unspecified atom stereocenters. The van der Waals surface area contributed by atoms with Crippen LogP contribution in [-0.4, -0.2) is 33.0 Å². The standard InChI is InChI=1S/C6H13N.ClH.H3NO2S/c1-6-4-3-5-7(6)2;;1-4(2)3/h6H,3-5H2,1-2H3;1H;4H,(H2,1,2,3). The summed E-state index contributed by atoms with van der Waals surface area (Å²) < 4.78 is 17.6. The first-order chi connectivity index (χ1) is 5.04. The number of likely N-dealkylation sites (tertiary alicyclic amines) is 1. The van der Waals surface area contributed by atoms with E-state index in [-0.39, 0.29) is 12.4 Å². The number of rotatable bonds is 0. The molecule has 1 heterocycles. The Morgan fingerprint density at radius 3 is 2.00 bits per heavy atom. The molecule has 6 heteroatoms. The molecule has 0 aliphatic carbocycles. The van der Waals surface area contributed by atoms with Crippen molar-refractivity contribution in [2.24, 2.45) is 5.14 Å². The lowest BCUT2D eigenvalue weighted by molar-refractivity contribution is 0.331. The Balaban J connectivity index is 0. The molecule has 0 aromatic carbocycles. The summed E-state index contributed by atoms with van der Waals surface area (Å²) in [6.07, 6.45) is 2.80. The van der Waals surface area contributed by atoms with Crippen molar-refractivity contribution in [3.63, 3.8) is 0 Å². The van der Waals surface area contributed by atoms with Gasteiger partial charge in [-0.05, 0) is 33.4 Å². The summed E-state index contributed by atoms with van der Waals surface area (Å²) in [5.41, 5.74) is 0. The molecule has 0 saturated carbocycles. The van der Waals surface area contributed by atoms with E-state index in [0.29, 0.717) is 0 Å². The summed E-state index contributed by atoms with van der Waals surface area (Å²) in [4.78, 5) is 2.40. The van der Waals surface area contributed by atoms with Crippen molar-refractivity contribution >= 4 is 23.3 Å². The Bertz CT molecular complexity index is 159. The molecule has 1 fully saturated rings. The average Bonchev–Trinajstić information content (AvgIpc) is 2.15. The van der Waals surface area contributed by atoms with E-state index in [9.17, 15) is 0 Å². The first-order valence-corrected chi connectivity index (χ1v) is 4.88. The van der Waals surface area contributed by atoms with Gasteiger partial charge in [-0.3, -0.25) is 0 Å². The van der Waals surface area contributed by atoms with Crippen molar-refractivity contribution in [3.05, 3.63) is 0 Å². The van der Waals surface area contributed by atoms with Crippen LogP contribution < -0.4 is 5.14 Å². The van der Waals surface area contributed by atoms with Crippen LogP contribution in [0.5, 0.6) is 0 Å². The van der Waals surface area contributed by atoms with Crippen molar-refractivity contribution in [1.29, 1.82) is 0 Å². The summed E-state index contributed by atoms with van der Waals surface area (Å²) in [5.74, 6) is 0. The molecular formula is C6H17ClN2O2S. The van der Waals surface area contributed by atoms with Gasteiger partial charge in [-0.25, -0.2) is 13.6 Å². The molecule has 1 atom stereocenters. The Hall–Kier alpha value is 0.160. The van der Waals surface area contributed by atoms with Crippen molar-refractivity contribution in [2.75, 3.05) is 13.6 Å². The van der Waals surface area contributed by atoms with Crippen LogP contribution in [0.1, 0.15) is 19.8 Å².